The molecule has 1 saturated carbocycles. The number of nitrogens with zero attached hydrogens (tertiary/aromatic N) is 1. The normalized spacial score (nSPS) is 28.3. The number of ketones is 3. The van der Waals surface area contributed by atoms with Gasteiger partial charge in [0.25, 0.3) is 0 Å². The Morgan fingerprint density at radius 3 is 2.65 bits per heavy atom. The smallest absolute Gasteiger partial charge is 0.151 e. The molecule has 0 radical (unpaired) electrons. The van der Waals surface area contributed by atoms with E-state index in [1.165, 1.54) is 0 Å². The summed E-state index contributed by atoms with van der Waals surface area (Å²) in [5, 5.41) is 4.02. The van der Waals surface area contributed by atoms with E-state index in [2.05, 4.69) is 5.16 Å². The highest BCUT2D eigenvalue weighted by Gasteiger charge is 2.41. The first kappa shape index (κ1) is 16.1. The molecule has 6 heteroatoms. The van der Waals surface area contributed by atoms with E-state index >= 15 is 0 Å². The van der Waals surface area contributed by atoms with Crippen molar-refractivity contribution in [3.63, 3.8) is 0 Å². The van der Waals surface area contributed by atoms with Crippen molar-refractivity contribution in [3.8, 4) is 0 Å². The highest BCUT2D eigenvalue weighted by atomic mass is 16.5. The number of aromatic nitrogens is 1. The molecule has 1 aromatic rings. The third-order valence-electron chi connectivity index (χ3n) is 4.57. The van der Waals surface area contributed by atoms with Gasteiger partial charge in [0.2, 0.25) is 0 Å². The number of Topliss-reactive ketones (excluding diaryl/α,β-unsaturated/α-hetero) is 3. The lowest BCUT2D eigenvalue weighted by molar-refractivity contribution is -0.142. The first-order valence-electron chi connectivity index (χ1n) is 8.26. The number of rotatable bonds is 5. The van der Waals surface area contributed by atoms with Crippen LogP contribution in [0.15, 0.2) is 10.6 Å². The number of ether oxygens (including phenoxy) is 1. The Morgan fingerprint density at radius 1 is 1.30 bits per heavy atom. The lowest BCUT2D eigenvalue weighted by atomic mass is 9.76. The van der Waals surface area contributed by atoms with E-state index in [4.69, 9.17) is 9.26 Å². The lowest BCUT2D eigenvalue weighted by Gasteiger charge is -2.23. The summed E-state index contributed by atoms with van der Waals surface area (Å²) in [5.41, 5.74) is 0.724. The van der Waals surface area contributed by atoms with E-state index in [9.17, 15) is 14.4 Å². The minimum atomic E-state index is -1.06. The summed E-state index contributed by atoms with van der Waals surface area (Å²) in [7, 11) is 0. The second kappa shape index (κ2) is 6.74. The SMILES string of the molecule is CCCC(=O)C1C(=O)CC(c2cc(C3CCCO3)no2)CC1=O. The van der Waals surface area contributed by atoms with Crippen molar-refractivity contribution >= 4 is 17.3 Å². The van der Waals surface area contributed by atoms with Gasteiger partial charge >= 0.3 is 0 Å². The molecule has 1 saturated heterocycles. The molecule has 1 aromatic heterocycles. The predicted molar refractivity (Wildman–Crippen MR) is 79.8 cm³/mol. The third-order valence-corrected chi connectivity index (χ3v) is 4.57. The quantitative estimate of drug-likeness (QED) is 0.775. The van der Waals surface area contributed by atoms with Crippen LogP contribution >= 0.6 is 0 Å². The molecule has 6 nitrogen and oxygen atoms in total. The van der Waals surface area contributed by atoms with Crippen molar-refractivity contribution in [1.82, 2.24) is 5.16 Å². The van der Waals surface area contributed by atoms with Crippen molar-refractivity contribution in [1.29, 1.82) is 0 Å². The van der Waals surface area contributed by atoms with Gasteiger partial charge < -0.3 is 9.26 Å². The summed E-state index contributed by atoms with van der Waals surface area (Å²) in [5.74, 6) is -1.67. The van der Waals surface area contributed by atoms with E-state index in [1.54, 1.807) is 6.07 Å². The molecule has 0 amide bonds. The molecule has 23 heavy (non-hydrogen) atoms. The van der Waals surface area contributed by atoms with Gasteiger partial charge in [0.1, 0.15) is 23.5 Å². The number of carbonyl (C=O) groups is 3. The van der Waals surface area contributed by atoms with Gasteiger partial charge in [-0.25, -0.2) is 0 Å². The highest BCUT2D eigenvalue weighted by Crippen LogP contribution is 2.35. The van der Waals surface area contributed by atoms with Crippen LogP contribution in [0.4, 0.5) is 0 Å². The Labute approximate surface area is 134 Å². The standard InChI is InChI=1S/C17H21NO5/c1-2-4-12(19)17-13(20)7-10(8-14(17)21)16-9-11(18-23-16)15-5-3-6-22-15/h9-10,15,17H,2-8H2,1H3. The van der Waals surface area contributed by atoms with Crippen LogP contribution in [-0.4, -0.2) is 29.1 Å². The average molecular weight is 319 g/mol. The molecule has 2 aliphatic rings. The van der Waals surface area contributed by atoms with Gasteiger partial charge in [-0.2, -0.15) is 0 Å². The van der Waals surface area contributed by atoms with Gasteiger partial charge in [-0.3, -0.25) is 14.4 Å². The largest absolute Gasteiger partial charge is 0.372 e. The number of hydrogen-bond donors (Lipinski definition) is 0. The molecule has 1 atom stereocenters. The van der Waals surface area contributed by atoms with Gasteiger partial charge in [-0.1, -0.05) is 12.1 Å². The van der Waals surface area contributed by atoms with Crippen LogP contribution in [0.3, 0.4) is 0 Å². The zero-order valence-corrected chi connectivity index (χ0v) is 13.2. The van der Waals surface area contributed by atoms with Crippen molar-refractivity contribution in [3.05, 3.63) is 17.5 Å². The molecule has 124 valence electrons. The van der Waals surface area contributed by atoms with E-state index in [0.29, 0.717) is 18.8 Å². The maximum Gasteiger partial charge on any atom is 0.151 e. The molecule has 0 bridgehead atoms. The van der Waals surface area contributed by atoms with Crippen molar-refractivity contribution in [2.45, 2.75) is 57.5 Å². The second-order valence-corrected chi connectivity index (χ2v) is 6.34. The first-order chi connectivity index (χ1) is 11.1. The Bertz CT molecular complexity index is 596. The fraction of sp³-hybridized carbons (Fsp3) is 0.647. The van der Waals surface area contributed by atoms with E-state index in [1.807, 2.05) is 6.92 Å². The average Bonchev–Trinajstić information content (AvgIpc) is 3.18. The molecule has 0 aromatic carbocycles. The van der Waals surface area contributed by atoms with Crippen LogP contribution in [0.25, 0.3) is 0 Å². The van der Waals surface area contributed by atoms with Gasteiger partial charge in [-0.05, 0) is 19.3 Å². The Morgan fingerprint density at radius 2 is 2.04 bits per heavy atom. The van der Waals surface area contributed by atoms with Crippen LogP contribution in [0.5, 0.6) is 0 Å². The van der Waals surface area contributed by atoms with Crippen LogP contribution in [0.1, 0.15) is 68.9 Å². The molecule has 1 aliphatic heterocycles. The maximum atomic E-state index is 12.2. The van der Waals surface area contributed by atoms with Gasteiger partial charge in [-0.15, -0.1) is 0 Å². The van der Waals surface area contributed by atoms with Crippen molar-refractivity contribution < 1.29 is 23.6 Å². The molecule has 0 spiro atoms. The fourth-order valence-electron chi connectivity index (χ4n) is 3.38. The Hall–Kier alpha value is -1.82. The molecule has 3 rings (SSSR count). The fourth-order valence-corrected chi connectivity index (χ4v) is 3.38. The first-order valence-corrected chi connectivity index (χ1v) is 8.26. The summed E-state index contributed by atoms with van der Waals surface area (Å²) >= 11 is 0. The molecule has 1 unspecified atom stereocenters. The topological polar surface area (TPSA) is 86.5 Å². The molecular formula is C17H21NO5. The minimum Gasteiger partial charge on any atom is -0.372 e. The van der Waals surface area contributed by atoms with Crippen LogP contribution in [-0.2, 0) is 19.1 Å². The van der Waals surface area contributed by atoms with Crippen LogP contribution in [0.2, 0.25) is 0 Å². The molecule has 2 heterocycles. The summed E-state index contributed by atoms with van der Waals surface area (Å²) < 4.78 is 10.9. The second-order valence-electron chi connectivity index (χ2n) is 6.34. The third kappa shape index (κ3) is 3.27. The van der Waals surface area contributed by atoms with Crippen LogP contribution < -0.4 is 0 Å². The summed E-state index contributed by atoms with van der Waals surface area (Å²) in [6, 6.07) is 1.79. The van der Waals surface area contributed by atoms with Crippen molar-refractivity contribution in [2.75, 3.05) is 6.61 Å². The monoisotopic (exact) mass is 319 g/mol. The zero-order valence-electron chi connectivity index (χ0n) is 13.2. The summed E-state index contributed by atoms with van der Waals surface area (Å²) in [6.07, 6.45) is 3.08. The molecule has 1 aliphatic carbocycles. The van der Waals surface area contributed by atoms with Crippen LogP contribution in [0, 0.1) is 5.92 Å². The van der Waals surface area contributed by atoms with Crippen molar-refractivity contribution in [2.24, 2.45) is 5.92 Å². The lowest BCUT2D eigenvalue weighted by Crippen LogP contribution is -2.37. The van der Waals surface area contributed by atoms with Gasteiger partial charge in [0, 0.05) is 37.9 Å². The van der Waals surface area contributed by atoms with E-state index < -0.39 is 5.92 Å². The molecule has 2 fully saturated rings. The highest BCUT2D eigenvalue weighted by molar-refractivity contribution is 6.20. The Kier molecular flexibility index (Phi) is 4.71. The molecular weight excluding hydrogens is 298 g/mol. The maximum absolute atomic E-state index is 12.2. The predicted octanol–water partition coefficient (Wildman–Crippen LogP) is 2.53. The summed E-state index contributed by atoms with van der Waals surface area (Å²) in [4.78, 5) is 36.4. The number of carbonyl (C=O) groups excluding carboxylic acids is 3. The van der Waals surface area contributed by atoms with Gasteiger partial charge in [0.15, 0.2) is 17.3 Å². The van der Waals surface area contributed by atoms with Gasteiger partial charge in [0.05, 0.1) is 0 Å². The minimum absolute atomic E-state index is 0.0543. The zero-order chi connectivity index (χ0) is 16.4. The van der Waals surface area contributed by atoms with E-state index in [0.717, 1.165) is 18.5 Å². The summed E-state index contributed by atoms with van der Waals surface area (Å²) in [6.45, 7) is 2.58. The number of hydrogen-bond acceptors (Lipinski definition) is 6. The molecule has 0 N–H and O–H groups in total. The Balaban J connectivity index is 1.70. The van der Waals surface area contributed by atoms with E-state index in [-0.39, 0.29) is 48.6 Å².